The van der Waals surface area contributed by atoms with Gasteiger partial charge in [-0.05, 0) is 38.1 Å². The molecule has 1 rings (SSSR count). The van der Waals surface area contributed by atoms with E-state index in [1.807, 2.05) is 0 Å². The smallest absolute Gasteiger partial charge is 0.0227 e. The molecule has 0 fully saturated rings. The van der Waals surface area contributed by atoms with Crippen LogP contribution in [0.15, 0.2) is 24.3 Å². The second kappa shape index (κ2) is 12.7. The Bertz CT molecular complexity index is 353. The number of nitrogens with zero attached hydrogens (tertiary/aromatic N) is 1. The highest BCUT2D eigenvalue weighted by Gasteiger charge is 1.97. The fourth-order valence-electron chi connectivity index (χ4n) is 2.99. The second-order valence-electron chi connectivity index (χ2n) is 6.99. The number of unbranched alkanes of at least 4 members (excludes halogenated alkanes) is 9. The van der Waals surface area contributed by atoms with Crippen molar-refractivity contribution in [1.82, 2.24) is 4.90 Å². The summed E-state index contributed by atoms with van der Waals surface area (Å²) in [5, 5.41) is 0. The van der Waals surface area contributed by atoms with Crippen LogP contribution in [0.25, 0.3) is 0 Å². The van der Waals surface area contributed by atoms with Crippen LogP contribution in [0.5, 0.6) is 0 Å². The standard InChI is InChI=1S/C21H37N/c1-4-5-6-7-8-9-10-11-12-13-14-20-15-17-21(18-16-20)19-22(2)3/h15-18H,4-14,19H2,1-3H3. The fourth-order valence-corrected chi connectivity index (χ4v) is 2.99. The maximum Gasteiger partial charge on any atom is 0.0227 e. The van der Waals surface area contributed by atoms with E-state index in [4.69, 9.17) is 0 Å². The normalized spacial score (nSPS) is 11.3. The molecule has 0 aliphatic heterocycles. The first kappa shape index (κ1) is 19.2. The van der Waals surface area contributed by atoms with Gasteiger partial charge in [0.15, 0.2) is 0 Å². The largest absolute Gasteiger partial charge is 0.305 e. The molecule has 0 unspecified atom stereocenters. The van der Waals surface area contributed by atoms with Crippen molar-refractivity contribution in [1.29, 1.82) is 0 Å². The van der Waals surface area contributed by atoms with Gasteiger partial charge in [-0.2, -0.15) is 0 Å². The molecule has 0 spiro atoms. The van der Waals surface area contributed by atoms with Crippen LogP contribution >= 0.6 is 0 Å². The number of benzene rings is 1. The van der Waals surface area contributed by atoms with E-state index in [0.29, 0.717) is 0 Å². The van der Waals surface area contributed by atoms with Crippen LogP contribution in [-0.4, -0.2) is 19.0 Å². The first-order valence-electron chi connectivity index (χ1n) is 9.45. The molecule has 0 saturated carbocycles. The summed E-state index contributed by atoms with van der Waals surface area (Å²) in [5.41, 5.74) is 2.92. The van der Waals surface area contributed by atoms with Crippen LogP contribution in [0.2, 0.25) is 0 Å². The van der Waals surface area contributed by atoms with Gasteiger partial charge in [0.2, 0.25) is 0 Å². The van der Waals surface area contributed by atoms with Crippen molar-refractivity contribution in [3.05, 3.63) is 35.4 Å². The zero-order chi connectivity index (χ0) is 16.0. The van der Waals surface area contributed by atoms with Crippen LogP contribution in [-0.2, 0) is 13.0 Å². The molecule has 1 aromatic carbocycles. The van der Waals surface area contributed by atoms with Gasteiger partial charge in [-0.15, -0.1) is 0 Å². The molecule has 0 saturated heterocycles. The predicted octanol–water partition coefficient (Wildman–Crippen LogP) is 6.21. The number of hydrogen-bond acceptors (Lipinski definition) is 1. The average molecular weight is 304 g/mol. The Morgan fingerprint density at radius 2 is 1.09 bits per heavy atom. The minimum absolute atomic E-state index is 1.04. The van der Waals surface area contributed by atoms with Crippen molar-refractivity contribution in [3.63, 3.8) is 0 Å². The van der Waals surface area contributed by atoms with Crippen LogP contribution in [0.1, 0.15) is 82.3 Å². The van der Waals surface area contributed by atoms with E-state index in [-0.39, 0.29) is 0 Å². The predicted molar refractivity (Wildman–Crippen MR) is 99.4 cm³/mol. The molecule has 0 bridgehead atoms. The molecule has 126 valence electrons. The van der Waals surface area contributed by atoms with Crippen molar-refractivity contribution in [2.75, 3.05) is 14.1 Å². The molecule has 0 heterocycles. The van der Waals surface area contributed by atoms with E-state index in [2.05, 4.69) is 50.2 Å². The van der Waals surface area contributed by atoms with Gasteiger partial charge in [-0.25, -0.2) is 0 Å². The highest BCUT2D eigenvalue weighted by atomic mass is 15.0. The molecule has 1 nitrogen and oxygen atoms in total. The van der Waals surface area contributed by atoms with Gasteiger partial charge >= 0.3 is 0 Å². The van der Waals surface area contributed by atoms with Crippen molar-refractivity contribution in [2.45, 2.75) is 84.1 Å². The SMILES string of the molecule is CCCCCCCCCCCCc1ccc(CN(C)C)cc1. The summed E-state index contributed by atoms with van der Waals surface area (Å²) in [6, 6.07) is 9.19. The zero-order valence-corrected chi connectivity index (χ0v) is 15.2. The molecule has 0 amide bonds. The van der Waals surface area contributed by atoms with Gasteiger partial charge in [0.1, 0.15) is 0 Å². The van der Waals surface area contributed by atoms with Crippen molar-refractivity contribution in [2.24, 2.45) is 0 Å². The van der Waals surface area contributed by atoms with Gasteiger partial charge in [-0.3, -0.25) is 0 Å². The van der Waals surface area contributed by atoms with E-state index in [0.717, 1.165) is 6.54 Å². The lowest BCUT2D eigenvalue weighted by Crippen LogP contribution is -2.10. The third kappa shape index (κ3) is 10.00. The molecule has 0 aliphatic rings. The van der Waals surface area contributed by atoms with Gasteiger partial charge in [0, 0.05) is 6.54 Å². The molecule has 22 heavy (non-hydrogen) atoms. The Hall–Kier alpha value is -0.820. The monoisotopic (exact) mass is 303 g/mol. The van der Waals surface area contributed by atoms with Crippen molar-refractivity contribution >= 4 is 0 Å². The number of rotatable bonds is 13. The minimum atomic E-state index is 1.04. The van der Waals surface area contributed by atoms with Crippen LogP contribution in [0.3, 0.4) is 0 Å². The maximum atomic E-state index is 2.31. The Kier molecular flexibility index (Phi) is 11.1. The van der Waals surface area contributed by atoms with Gasteiger partial charge < -0.3 is 4.90 Å². The molecular formula is C21H37N. The highest BCUT2D eigenvalue weighted by molar-refractivity contribution is 5.22. The van der Waals surface area contributed by atoms with E-state index in [9.17, 15) is 0 Å². The van der Waals surface area contributed by atoms with Gasteiger partial charge in [-0.1, -0.05) is 89.0 Å². The number of hydrogen-bond donors (Lipinski definition) is 0. The average Bonchev–Trinajstić information content (AvgIpc) is 2.50. The fraction of sp³-hybridized carbons (Fsp3) is 0.714. The summed E-state index contributed by atoms with van der Waals surface area (Å²) in [5.74, 6) is 0. The van der Waals surface area contributed by atoms with E-state index < -0.39 is 0 Å². The summed E-state index contributed by atoms with van der Waals surface area (Å²) in [6.45, 7) is 3.33. The van der Waals surface area contributed by atoms with Crippen LogP contribution in [0.4, 0.5) is 0 Å². The first-order chi connectivity index (χ1) is 10.7. The number of aryl methyl sites for hydroxylation is 1. The highest BCUT2D eigenvalue weighted by Crippen LogP contribution is 2.13. The third-order valence-electron chi connectivity index (χ3n) is 4.34. The first-order valence-corrected chi connectivity index (χ1v) is 9.45. The van der Waals surface area contributed by atoms with Crippen molar-refractivity contribution < 1.29 is 0 Å². The lowest BCUT2D eigenvalue weighted by atomic mass is 10.0. The second-order valence-corrected chi connectivity index (χ2v) is 6.99. The summed E-state index contributed by atoms with van der Waals surface area (Å²) < 4.78 is 0. The van der Waals surface area contributed by atoms with E-state index in [1.54, 1.807) is 0 Å². The topological polar surface area (TPSA) is 3.24 Å². The zero-order valence-electron chi connectivity index (χ0n) is 15.2. The molecule has 0 aromatic heterocycles. The molecular weight excluding hydrogens is 266 g/mol. The molecule has 0 atom stereocenters. The molecule has 0 aliphatic carbocycles. The van der Waals surface area contributed by atoms with Gasteiger partial charge in [0.05, 0.1) is 0 Å². The Morgan fingerprint density at radius 1 is 0.636 bits per heavy atom. The Balaban J connectivity index is 1.98. The van der Waals surface area contributed by atoms with Crippen molar-refractivity contribution in [3.8, 4) is 0 Å². The lowest BCUT2D eigenvalue weighted by molar-refractivity contribution is 0.402. The maximum absolute atomic E-state index is 2.31. The summed E-state index contributed by atoms with van der Waals surface area (Å²) in [4.78, 5) is 2.22. The molecule has 1 heteroatoms. The van der Waals surface area contributed by atoms with E-state index >= 15 is 0 Å². The lowest BCUT2D eigenvalue weighted by Gasteiger charge is -2.10. The quantitative estimate of drug-likeness (QED) is 0.391. The third-order valence-corrected chi connectivity index (χ3v) is 4.34. The van der Waals surface area contributed by atoms with E-state index in [1.165, 1.54) is 81.8 Å². The molecule has 0 radical (unpaired) electrons. The Morgan fingerprint density at radius 3 is 1.59 bits per heavy atom. The summed E-state index contributed by atoms with van der Waals surface area (Å²) >= 11 is 0. The van der Waals surface area contributed by atoms with Crippen LogP contribution < -0.4 is 0 Å². The van der Waals surface area contributed by atoms with Crippen LogP contribution in [0, 0.1) is 0 Å². The summed E-state index contributed by atoms with van der Waals surface area (Å²) in [7, 11) is 4.25. The Labute approximate surface area is 139 Å². The molecule has 1 aromatic rings. The summed E-state index contributed by atoms with van der Waals surface area (Å²) in [6.07, 6.45) is 15.4. The van der Waals surface area contributed by atoms with Gasteiger partial charge in [0.25, 0.3) is 0 Å². The minimum Gasteiger partial charge on any atom is -0.305 e. The molecule has 0 N–H and O–H groups in total.